The number of fused-ring (bicyclic) bond motifs is 1. The van der Waals surface area contributed by atoms with Gasteiger partial charge in [-0.15, -0.1) is 28.2 Å². The highest BCUT2D eigenvalue weighted by molar-refractivity contribution is 8.01. The summed E-state index contributed by atoms with van der Waals surface area (Å²) in [4.78, 5) is 63.6. The van der Waals surface area contributed by atoms with Gasteiger partial charge in [-0.05, 0) is 28.8 Å². The van der Waals surface area contributed by atoms with Gasteiger partial charge in [-0.25, -0.2) is 9.59 Å². The van der Waals surface area contributed by atoms with Crippen LogP contribution < -0.4 is 26.4 Å². The van der Waals surface area contributed by atoms with Crippen LogP contribution in [0.25, 0.3) is 0 Å². The molecule has 0 spiro atoms. The Kier molecular flexibility index (Phi) is 8.60. The number of carboxylic acids is 1. The van der Waals surface area contributed by atoms with Crippen molar-refractivity contribution in [3.63, 3.8) is 0 Å². The molecule has 2 unspecified atom stereocenters. The fraction of sp³-hybridized carbons (Fsp3) is 0.333. The highest BCUT2D eigenvalue weighted by Gasteiger charge is 2.54. The maximum Gasteiger partial charge on any atom is 0.352 e. The molecule has 4 rings (SSSR count). The number of amides is 4. The number of carbonyl (C=O) groups excluding carboxylic acids is 3. The van der Waals surface area contributed by atoms with E-state index >= 15 is 0 Å². The first-order chi connectivity index (χ1) is 18.2. The van der Waals surface area contributed by atoms with Crippen molar-refractivity contribution in [2.24, 2.45) is 0 Å². The van der Waals surface area contributed by atoms with Crippen molar-refractivity contribution in [2.75, 3.05) is 25.3 Å². The number of aromatic nitrogens is 2. The van der Waals surface area contributed by atoms with Crippen LogP contribution in [0.2, 0.25) is 0 Å². The van der Waals surface area contributed by atoms with Crippen molar-refractivity contribution in [3.05, 3.63) is 61.4 Å². The number of thiophene rings is 1. The Morgan fingerprint density at radius 1 is 1.34 bits per heavy atom. The molecule has 0 aromatic carbocycles. The summed E-state index contributed by atoms with van der Waals surface area (Å²) in [6, 6.07) is 3.16. The lowest BCUT2D eigenvalue weighted by molar-refractivity contribution is -0.707. The van der Waals surface area contributed by atoms with E-state index in [1.165, 1.54) is 42.3 Å². The van der Waals surface area contributed by atoms with E-state index in [-0.39, 0.29) is 29.0 Å². The van der Waals surface area contributed by atoms with Crippen LogP contribution in [0.1, 0.15) is 10.9 Å². The number of aliphatic carboxylic acids is 1. The highest BCUT2D eigenvalue weighted by Crippen LogP contribution is 2.41. The quantitative estimate of drug-likeness (QED) is 0.0804. The molecule has 17 heteroatoms. The number of carboxylic acid groups (broad SMARTS) is 1. The smallest absolute Gasteiger partial charge is 0.352 e. The van der Waals surface area contributed by atoms with Crippen LogP contribution in [0.5, 0.6) is 0 Å². The van der Waals surface area contributed by atoms with Gasteiger partial charge in [0.25, 0.3) is 16.5 Å². The van der Waals surface area contributed by atoms with E-state index in [1.807, 2.05) is 0 Å². The highest BCUT2D eigenvalue weighted by atomic mass is 32.2. The lowest BCUT2D eigenvalue weighted by Gasteiger charge is -2.49. The molecular weight excluding hydrogens is 560 g/mol. The van der Waals surface area contributed by atoms with Gasteiger partial charge in [0.1, 0.15) is 29.9 Å². The van der Waals surface area contributed by atoms with Gasteiger partial charge in [0.05, 0.1) is 0 Å². The third kappa shape index (κ3) is 5.79. The van der Waals surface area contributed by atoms with E-state index in [9.17, 15) is 34.3 Å². The van der Waals surface area contributed by atoms with E-state index in [1.54, 1.807) is 17.5 Å². The molecule has 2 aliphatic heterocycles. The Morgan fingerprint density at radius 3 is 2.79 bits per heavy atom. The van der Waals surface area contributed by atoms with Crippen LogP contribution in [-0.4, -0.2) is 75.7 Å². The molecule has 2 aromatic rings. The number of methoxy groups -OCH3 is 1. The first-order valence-corrected chi connectivity index (χ1v) is 13.9. The van der Waals surface area contributed by atoms with Crippen molar-refractivity contribution in [2.45, 2.75) is 22.5 Å². The molecule has 2 aromatic heterocycles. The molecule has 1 fully saturated rings. The second-order valence-electron chi connectivity index (χ2n) is 7.92. The monoisotopic (exact) mass is 582 g/mol. The minimum absolute atomic E-state index is 0.0681. The third-order valence-corrected chi connectivity index (χ3v) is 8.84. The second-order valence-corrected chi connectivity index (χ2v) is 11.0. The normalized spacial score (nSPS) is 19.3. The molecule has 0 bridgehead atoms. The Hall–Kier alpha value is -3.54. The molecule has 0 aliphatic carbocycles. The van der Waals surface area contributed by atoms with Gasteiger partial charge in [-0.3, -0.25) is 19.3 Å². The molecule has 0 saturated carbocycles. The van der Waals surface area contributed by atoms with Crippen LogP contribution in [0.15, 0.2) is 50.7 Å². The Labute approximate surface area is 227 Å². The largest absolute Gasteiger partial charge is 0.595 e. The second kappa shape index (κ2) is 11.9. The molecule has 4 heterocycles. The zero-order valence-electron chi connectivity index (χ0n) is 19.7. The van der Waals surface area contributed by atoms with Gasteiger partial charge in [-0.2, -0.15) is 0 Å². The summed E-state index contributed by atoms with van der Waals surface area (Å²) in [5.74, 6) is -2.21. The topological polar surface area (TPSA) is 197 Å². The lowest BCUT2D eigenvalue weighted by atomic mass is 10.0. The number of hydrogen-bond acceptors (Lipinski definition) is 10. The predicted molar refractivity (Wildman–Crippen MR) is 137 cm³/mol. The summed E-state index contributed by atoms with van der Waals surface area (Å²) in [7, 11) is 1.40. The van der Waals surface area contributed by atoms with Crippen LogP contribution >= 0.6 is 34.9 Å². The zero-order chi connectivity index (χ0) is 27.4. The predicted octanol–water partition coefficient (Wildman–Crippen LogP) is -0.455. The molecule has 4 amide bonds. The molecule has 3 atom stereocenters. The maximum atomic E-state index is 13.1. The number of thioether (sulfide) groups is 2. The number of carbonyl (C=O) groups is 4. The minimum atomic E-state index is -1.31. The minimum Gasteiger partial charge on any atom is -0.595 e. The maximum absolute atomic E-state index is 13.1. The van der Waals surface area contributed by atoms with Crippen molar-refractivity contribution >= 4 is 58.7 Å². The van der Waals surface area contributed by atoms with Crippen molar-refractivity contribution in [3.8, 4) is 0 Å². The summed E-state index contributed by atoms with van der Waals surface area (Å²) in [6.07, 6.45) is 0. The summed E-state index contributed by atoms with van der Waals surface area (Å²) >= 11 is 3.54. The number of β-lactam (4-membered cyclic amide) rings is 1. The fourth-order valence-corrected chi connectivity index (χ4v) is 6.88. The van der Waals surface area contributed by atoms with Gasteiger partial charge in [0.2, 0.25) is 5.91 Å². The summed E-state index contributed by atoms with van der Waals surface area (Å²) in [5.41, 5.74) is -0.358. The average Bonchev–Trinajstić information content (AvgIpc) is 3.42. The number of nitrogens with one attached hydrogen (secondary N) is 4. The lowest BCUT2D eigenvalue weighted by Crippen LogP contribution is -2.71. The number of urea groups is 1. The number of hydrogen-bond donors (Lipinski definition) is 5. The van der Waals surface area contributed by atoms with Crippen molar-refractivity contribution < 1.29 is 33.9 Å². The Morgan fingerprint density at radius 2 is 2.13 bits per heavy atom. The van der Waals surface area contributed by atoms with E-state index in [4.69, 9.17) is 4.74 Å². The summed E-state index contributed by atoms with van der Waals surface area (Å²) < 4.78 is 4.79. The SMILES string of the molecule is COCNC(=O)NC(C(=O)N[C@H]1C(=O)N2C(C(=O)O)=C(CSc3ccc(=O)[nH][n+]3[O-])CSC12)c1cccs1. The van der Waals surface area contributed by atoms with Gasteiger partial charge in [0.15, 0.2) is 0 Å². The molecular formula is C21H22N6O8S3. The molecule has 5 N–H and O–H groups in total. The first-order valence-electron chi connectivity index (χ1n) is 10.9. The van der Waals surface area contributed by atoms with E-state index in [0.717, 1.165) is 16.7 Å². The average molecular weight is 583 g/mol. The third-order valence-electron chi connectivity index (χ3n) is 5.47. The Balaban J connectivity index is 1.46. The number of H-pyrrole nitrogens is 1. The Bertz CT molecular complexity index is 1330. The first kappa shape index (κ1) is 27.5. The van der Waals surface area contributed by atoms with Crippen molar-refractivity contribution in [1.29, 1.82) is 0 Å². The van der Waals surface area contributed by atoms with E-state index in [2.05, 4.69) is 21.0 Å². The molecule has 2 aliphatic rings. The van der Waals surface area contributed by atoms with Crippen LogP contribution in [0.3, 0.4) is 0 Å². The number of rotatable bonds is 10. The molecule has 14 nitrogen and oxygen atoms in total. The van der Waals surface area contributed by atoms with Crippen LogP contribution in [0.4, 0.5) is 4.79 Å². The standard InChI is InChI=1S/C21H22N6O8S3/c1-35-9-22-21(33)24-14(11-3-2-6-36-11)17(29)23-15-18(30)26-16(20(31)32)10(8-38-19(15)26)7-37-13-5-4-12(28)25-27(13)34/h2-6,14-15,19H,7-9H2,1H3,(H,23,29)(H,25,28)(H,31,32)(H2,22,24,33)/t14?,15-,19?/m0/s1. The number of ether oxygens (including phenoxy) is 1. The van der Waals surface area contributed by atoms with Crippen LogP contribution in [0, 0.1) is 5.21 Å². The summed E-state index contributed by atoms with van der Waals surface area (Å²) in [6.45, 7) is -0.0681. The van der Waals surface area contributed by atoms with Gasteiger partial charge < -0.3 is 31.0 Å². The van der Waals surface area contributed by atoms with E-state index in [0.29, 0.717) is 15.3 Å². The number of aromatic amines is 1. The number of nitrogens with zero attached hydrogens (tertiary/aromatic N) is 2. The zero-order valence-corrected chi connectivity index (χ0v) is 22.1. The van der Waals surface area contributed by atoms with Gasteiger partial charge in [-0.1, -0.05) is 10.9 Å². The fourth-order valence-electron chi connectivity index (χ4n) is 3.75. The van der Waals surface area contributed by atoms with Gasteiger partial charge in [0, 0.05) is 35.6 Å². The molecule has 1 saturated heterocycles. The van der Waals surface area contributed by atoms with Crippen LogP contribution in [-0.2, 0) is 19.1 Å². The van der Waals surface area contributed by atoms with Crippen molar-refractivity contribution in [1.82, 2.24) is 25.9 Å². The molecule has 0 radical (unpaired) electrons. The van der Waals surface area contributed by atoms with Gasteiger partial charge >= 0.3 is 12.0 Å². The summed E-state index contributed by atoms with van der Waals surface area (Å²) in [5, 5.41) is 32.7. The molecule has 38 heavy (non-hydrogen) atoms. The molecule has 202 valence electrons. The van der Waals surface area contributed by atoms with E-state index < -0.39 is 46.8 Å².